The molecule has 1 heterocycles. The number of aromatic nitrogens is 1. The second-order valence-electron chi connectivity index (χ2n) is 6.11. The van der Waals surface area contributed by atoms with E-state index < -0.39 is 0 Å². The van der Waals surface area contributed by atoms with Crippen LogP contribution in [0.2, 0.25) is 0 Å². The molecule has 0 bridgehead atoms. The molecule has 1 aromatic heterocycles. The number of methoxy groups -OCH3 is 2. The molecule has 1 aromatic carbocycles. The molecule has 0 saturated heterocycles. The Hall–Kier alpha value is -1.80. The lowest BCUT2D eigenvalue weighted by Crippen LogP contribution is -2.37. The minimum Gasteiger partial charge on any atom is -0.383 e. The standard InChI is InChI=1S/C19H27N3O3S/c1-15-5-4-6-16(11-15)12-17-13-20-19(26-17)21-18(23)14-22(7-9-24-2)8-10-25-3/h4-6,11,13H,7-10,12,14H2,1-3H3,(H,20,21,23). The van der Waals surface area contributed by atoms with Gasteiger partial charge in [0.2, 0.25) is 5.91 Å². The molecule has 0 fully saturated rings. The Balaban J connectivity index is 1.87. The predicted octanol–water partition coefficient (Wildman–Crippen LogP) is 2.58. The van der Waals surface area contributed by atoms with Gasteiger partial charge in [0.25, 0.3) is 0 Å². The van der Waals surface area contributed by atoms with Gasteiger partial charge in [0.15, 0.2) is 5.13 Å². The summed E-state index contributed by atoms with van der Waals surface area (Å²) in [5, 5.41) is 3.52. The van der Waals surface area contributed by atoms with E-state index in [-0.39, 0.29) is 5.91 Å². The van der Waals surface area contributed by atoms with Crippen molar-refractivity contribution in [3.8, 4) is 0 Å². The van der Waals surface area contributed by atoms with Gasteiger partial charge in [0, 0.05) is 44.8 Å². The van der Waals surface area contributed by atoms with Crippen molar-refractivity contribution < 1.29 is 14.3 Å². The Bertz CT molecular complexity index is 682. The molecular weight excluding hydrogens is 350 g/mol. The molecule has 6 nitrogen and oxygen atoms in total. The van der Waals surface area contributed by atoms with E-state index in [2.05, 4.69) is 41.5 Å². The number of carbonyl (C=O) groups is 1. The third-order valence-electron chi connectivity index (χ3n) is 3.85. The summed E-state index contributed by atoms with van der Waals surface area (Å²) in [6.45, 7) is 4.90. The number of thiazole rings is 1. The number of aryl methyl sites for hydroxylation is 1. The number of rotatable bonds is 11. The SMILES string of the molecule is COCCN(CCOC)CC(=O)Nc1ncc(Cc2cccc(C)c2)s1. The van der Waals surface area contributed by atoms with Crippen LogP contribution >= 0.6 is 11.3 Å². The summed E-state index contributed by atoms with van der Waals surface area (Å²) in [7, 11) is 3.31. The van der Waals surface area contributed by atoms with Crippen molar-refractivity contribution >= 4 is 22.4 Å². The number of nitrogens with one attached hydrogen (secondary N) is 1. The van der Waals surface area contributed by atoms with Crippen molar-refractivity contribution in [1.82, 2.24) is 9.88 Å². The highest BCUT2D eigenvalue weighted by atomic mass is 32.1. The van der Waals surface area contributed by atoms with Crippen LogP contribution in [-0.4, -0.2) is 62.9 Å². The average molecular weight is 378 g/mol. The van der Waals surface area contributed by atoms with Crippen LogP contribution in [0.4, 0.5) is 5.13 Å². The molecule has 0 aliphatic rings. The normalized spacial score (nSPS) is 11.1. The van der Waals surface area contributed by atoms with Crippen molar-refractivity contribution in [2.45, 2.75) is 13.3 Å². The molecule has 0 unspecified atom stereocenters. The van der Waals surface area contributed by atoms with Gasteiger partial charge in [0.05, 0.1) is 19.8 Å². The van der Waals surface area contributed by atoms with Gasteiger partial charge in [-0.15, -0.1) is 11.3 Å². The number of ether oxygens (including phenoxy) is 2. The zero-order chi connectivity index (χ0) is 18.8. The van der Waals surface area contributed by atoms with Crippen LogP contribution < -0.4 is 5.32 Å². The number of carbonyl (C=O) groups excluding carboxylic acids is 1. The molecule has 1 N–H and O–H groups in total. The maximum absolute atomic E-state index is 12.3. The monoisotopic (exact) mass is 377 g/mol. The molecule has 1 amide bonds. The van der Waals surface area contributed by atoms with Crippen LogP contribution in [0.15, 0.2) is 30.5 Å². The van der Waals surface area contributed by atoms with Crippen LogP contribution in [-0.2, 0) is 20.7 Å². The summed E-state index contributed by atoms with van der Waals surface area (Å²) in [5.74, 6) is -0.0753. The number of anilines is 1. The van der Waals surface area contributed by atoms with Gasteiger partial charge in [-0.3, -0.25) is 9.69 Å². The minimum atomic E-state index is -0.0753. The first kappa shape index (κ1) is 20.5. The molecule has 0 radical (unpaired) electrons. The molecular formula is C19H27N3O3S. The van der Waals surface area contributed by atoms with E-state index in [1.807, 2.05) is 11.1 Å². The van der Waals surface area contributed by atoms with E-state index in [1.165, 1.54) is 22.5 Å². The maximum Gasteiger partial charge on any atom is 0.240 e. The first-order valence-electron chi connectivity index (χ1n) is 8.61. The summed E-state index contributed by atoms with van der Waals surface area (Å²) in [4.78, 5) is 19.7. The number of nitrogens with zero attached hydrogens (tertiary/aromatic N) is 2. The largest absolute Gasteiger partial charge is 0.383 e. The third-order valence-corrected chi connectivity index (χ3v) is 4.76. The molecule has 142 valence electrons. The Morgan fingerprint density at radius 2 is 1.96 bits per heavy atom. The predicted molar refractivity (Wildman–Crippen MR) is 105 cm³/mol. The van der Waals surface area contributed by atoms with Crippen molar-refractivity contribution in [1.29, 1.82) is 0 Å². The van der Waals surface area contributed by atoms with E-state index in [0.717, 1.165) is 11.3 Å². The van der Waals surface area contributed by atoms with Crippen molar-refractivity contribution in [2.24, 2.45) is 0 Å². The number of amides is 1. The van der Waals surface area contributed by atoms with Crippen LogP contribution in [0, 0.1) is 6.92 Å². The molecule has 0 spiro atoms. The molecule has 0 atom stereocenters. The lowest BCUT2D eigenvalue weighted by atomic mass is 10.1. The summed E-state index contributed by atoms with van der Waals surface area (Å²) < 4.78 is 10.2. The molecule has 7 heteroatoms. The fourth-order valence-electron chi connectivity index (χ4n) is 2.54. The van der Waals surface area contributed by atoms with E-state index in [9.17, 15) is 4.79 Å². The number of hydrogen-bond donors (Lipinski definition) is 1. The third kappa shape index (κ3) is 7.21. The van der Waals surface area contributed by atoms with Crippen molar-refractivity contribution in [3.63, 3.8) is 0 Å². The molecule has 2 rings (SSSR count). The van der Waals surface area contributed by atoms with E-state index in [0.29, 0.717) is 38.0 Å². The highest BCUT2D eigenvalue weighted by molar-refractivity contribution is 7.15. The smallest absolute Gasteiger partial charge is 0.240 e. The maximum atomic E-state index is 12.3. The second-order valence-corrected chi connectivity index (χ2v) is 7.22. The number of hydrogen-bond acceptors (Lipinski definition) is 6. The summed E-state index contributed by atoms with van der Waals surface area (Å²) in [5.41, 5.74) is 2.49. The van der Waals surface area contributed by atoms with E-state index in [1.54, 1.807) is 14.2 Å². The van der Waals surface area contributed by atoms with Gasteiger partial charge in [-0.25, -0.2) is 4.98 Å². The fraction of sp³-hybridized carbons (Fsp3) is 0.474. The minimum absolute atomic E-state index is 0.0753. The van der Waals surface area contributed by atoms with Gasteiger partial charge in [-0.05, 0) is 12.5 Å². The quantitative estimate of drug-likeness (QED) is 0.652. The molecule has 26 heavy (non-hydrogen) atoms. The van der Waals surface area contributed by atoms with Gasteiger partial charge in [0.1, 0.15) is 0 Å². The van der Waals surface area contributed by atoms with Gasteiger partial charge in [-0.2, -0.15) is 0 Å². The molecule has 0 aliphatic carbocycles. The molecule has 2 aromatic rings. The Kier molecular flexibility index (Phi) is 8.70. The zero-order valence-electron chi connectivity index (χ0n) is 15.7. The Morgan fingerprint density at radius 1 is 1.23 bits per heavy atom. The fourth-order valence-corrected chi connectivity index (χ4v) is 3.41. The Labute approximate surface area is 159 Å². The van der Waals surface area contributed by atoms with Crippen molar-refractivity contribution in [2.75, 3.05) is 52.4 Å². The van der Waals surface area contributed by atoms with E-state index >= 15 is 0 Å². The van der Waals surface area contributed by atoms with Gasteiger partial charge in [-0.1, -0.05) is 29.8 Å². The molecule has 0 aliphatic heterocycles. The van der Waals surface area contributed by atoms with Crippen LogP contribution in [0.3, 0.4) is 0 Å². The van der Waals surface area contributed by atoms with Gasteiger partial charge < -0.3 is 14.8 Å². The number of benzene rings is 1. The van der Waals surface area contributed by atoms with E-state index in [4.69, 9.17) is 9.47 Å². The first-order chi connectivity index (χ1) is 12.6. The summed E-state index contributed by atoms with van der Waals surface area (Å²) in [6.07, 6.45) is 2.65. The van der Waals surface area contributed by atoms with Crippen LogP contribution in [0.25, 0.3) is 0 Å². The Morgan fingerprint density at radius 3 is 2.62 bits per heavy atom. The zero-order valence-corrected chi connectivity index (χ0v) is 16.5. The first-order valence-corrected chi connectivity index (χ1v) is 9.42. The lowest BCUT2D eigenvalue weighted by molar-refractivity contribution is -0.117. The highest BCUT2D eigenvalue weighted by Crippen LogP contribution is 2.21. The molecule has 0 saturated carbocycles. The second kappa shape index (κ2) is 11.0. The van der Waals surface area contributed by atoms with Crippen LogP contribution in [0.1, 0.15) is 16.0 Å². The summed E-state index contributed by atoms with van der Waals surface area (Å²) in [6, 6.07) is 8.42. The highest BCUT2D eigenvalue weighted by Gasteiger charge is 2.12. The topological polar surface area (TPSA) is 63.7 Å². The van der Waals surface area contributed by atoms with Gasteiger partial charge >= 0.3 is 0 Å². The van der Waals surface area contributed by atoms with Crippen LogP contribution in [0.5, 0.6) is 0 Å². The lowest BCUT2D eigenvalue weighted by Gasteiger charge is -2.20. The van der Waals surface area contributed by atoms with Crippen molar-refractivity contribution in [3.05, 3.63) is 46.5 Å². The average Bonchev–Trinajstić information content (AvgIpc) is 3.04. The summed E-state index contributed by atoms with van der Waals surface area (Å²) >= 11 is 1.51.